The zero-order valence-electron chi connectivity index (χ0n) is 21.1. The molecule has 4 unspecified atom stereocenters. The fourth-order valence-corrected chi connectivity index (χ4v) is 5.49. The molecule has 2 N–H and O–H groups in total. The van der Waals surface area contributed by atoms with Gasteiger partial charge in [0.1, 0.15) is 0 Å². The van der Waals surface area contributed by atoms with Crippen molar-refractivity contribution in [2.24, 2.45) is 5.92 Å². The normalized spacial score (nSPS) is 21.1. The molecule has 0 bridgehead atoms. The van der Waals surface area contributed by atoms with Gasteiger partial charge in [0, 0.05) is 34.7 Å². The lowest BCUT2D eigenvalue weighted by Crippen LogP contribution is -2.38. The Balaban J connectivity index is 1.38. The summed E-state index contributed by atoms with van der Waals surface area (Å²) in [6, 6.07) is 30.5. The molecule has 38 heavy (non-hydrogen) atoms. The Morgan fingerprint density at radius 2 is 1.71 bits per heavy atom. The van der Waals surface area contributed by atoms with Gasteiger partial charge in [-0.05, 0) is 47.5 Å². The van der Waals surface area contributed by atoms with Crippen molar-refractivity contribution in [2.45, 2.75) is 37.1 Å². The fourth-order valence-electron chi connectivity index (χ4n) is 4.47. The lowest BCUT2D eigenvalue weighted by atomic mass is 9.91. The molecule has 7 heteroatoms. The van der Waals surface area contributed by atoms with E-state index in [1.54, 1.807) is 30.1 Å². The first-order chi connectivity index (χ1) is 18.6. The number of benzene rings is 3. The van der Waals surface area contributed by atoms with Gasteiger partial charge in [-0.25, -0.2) is 4.98 Å². The van der Waals surface area contributed by atoms with Crippen molar-refractivity contribution in [1.82, 2.24) is 4.98 Å². The summed E-state index contributed by atoms with van der Waals surface area (Å²) < 4.78 is 13.1. The number of ether oxygens (including phenoxy) is 2. The molecule has 1 fully saturated rings. The number of aliphatic hydroxyl groups excluding tert-OH is 1. The van der Waals surface area contributed by atoms with Crippen LogP contribution in [0.15, 0.2) is 108 Å². The Hall–Kier alpha value is -3.49. The van der Waals surface area contributed by atoms with Gasteiger partial charge in [-0.2, -0.15) is 0 Å². The number of thioether (sulfide) groups is 1. The summed E-state index contributed by atoms with van der Waals surface area (Å²) in [5, 5.41) is 13.4. The van der Waals surface area contributed by atoms with Gasteiger partial charge < -0.3 is 19.9 Å². The summed E-state index contributed by atoms with van der Waals surface area (Å²) in [5.74, 6) is 0.616. The molecule has 0 radical (unpaired) electrons. The summed E-state index contributed by atoms with van der Waals surface area (Å²) in [6.45, 7) is 2.14. The molecule has 1 aromatic heterocycles. The molecule has 4 atom stereocenters. The van der Waals surface area contributed by atoms with E-state index in [1.807, 2.05) is 84.9 Å². The van der Waals surface area contributed by atoms with E-state index in [-0.39, 0.29) is 30.6 Å². The highest BCUT2D eigenvalue weighted by molar-refractivity contribution is 7.99. The van der Waals surface area contributed by atoms with E-state index >= 15 is 0 Å². The summed E-state index contributed by atoms with van der Waals surface area (Å²) in [7, 11) is 0. The number of anilines is 1. The third-order valence-electron chi connectivity index (χ3n) is 6.61. The van der Waals surface area contributed by atoms with Crippen LogP contribution in [0.3, 0.4) is 0 Å². The first-order valence-corrected chi connectivity index (χ1v) is 13.6. The van der Waals surface area contributed by atoms with E-state index in [2.05, 4.69) is 17.2 Å². The van der Waals surface area contributed by atoms with Crippen LogP contribution in [0.25, 0.3) is 0 Å². The van der Waals surface area contributed by atoms with Crippen molar-refractivity contribution in [3.05, 3.63) is 126 Å². The summed E-state index contributed by atoms with van der Waals surface area (Å²) >= 11 is 1.66. The standard InChI is InChI=1S/C31H30N2O4S/c1-21-27(20-38-28-12-5-6-17-32-28)36-31(37-29(21)23-15-13-22(19-34)14-16-23)25-10-7-11-26(18-25)33-30(35)24-8-3-2-4-9-24/h2-18,21,27,29,31,34H,19-20H2,1H3,(H,33,35). The lowest BCUT2D eigenvalue weighted by molar-refractivity contribution is -0.268. The van der Waals surface area contributed by atoms with Gasteiger partial charge >= 0.3 is 0 Å². The molecule has 3 aromatic carbocycles. The quantitative estimate of drug-likeness (QED) is 0.258. The van der Waals surface area contributed by atoms with E-state index in [1.165, 1.54) is 0 Å². The van der Waals surface area contributed by atoms with Crippen molar-refractivity contribution in [1.29, 1.82) is 0 Å². The zero-order valence-corrected chi connectivity index (χ0v) is 21.9. The molecule has 1 aliphatic heterocycles. The number of hydrogen-bond donors (Lipinski definition) is 2. The van der Waals surface area contributed by atoms with Crippen molar-refractivity contribution in [3.63, 3.8) is 0 Å². The molecule has 2 heterocycles. The number of nitrogens with zero attached hydrogens (tertiary/aromatic N) is 1. The molecular weight excluding hydrogens is 496 g/mol. The molecule has 0 saturated carbocycles. The third kappa shape index (κ3) is 6.31. The predicted octanol–water partition coefficient (Wildman–Crippen LogP) is 6.41. The van der Waals surface area contributed by atoms with E-state index in [0.29, 0.717) is 17.0 Å². The number of rotatable bonds is 8. The molecule has 1 aliphatic rings. The summed E-state index contributed by atoms with van der Waals surface area (Å²) in [5.41, 5.74) is 3.98. The minimum absolute atomic E-state index is 0.00206. The summed E-state index contributed by atoms with van der Waals surface area (Å²) in [6.07, 6.45) is 0.862. The van der Waals surface area contributed by atoms with Crippen LogP contribution in [0.4, 0.5) is 5.69 Å². The molecule has 0 spiro atoms. The van der Waals surface area contributed by atoms with Gasteiger partial charge in [-0.1, -0.05) is 67.6 Å². The Morgan fingerprint density at radius 1 is 0.921 bits per heavy atom. The smallest absolute Gasteiger partial charge is 0.255 e. The van der Waals surface area contributed by atoms with Crippen LogP contribution in [-0.4, -0.2) is 27.9 Å². The maximum atomic E-state index is 12.7. The predicted molar refractivity (Wildman–Crippen MR) is 149 cm³/mol. The number of amides is 1. The van der Waals surface area contributed by atoms with Gasteiger partial charge in [0.25, 0.3) is 5.91 Å². The van der Waals surface area contributed by atoms with E-state index in [0.717, 1.165) is 21.7 Å². The second-order valence-corrected chi connectivity index (χ2v) is 10.3. The minimum Gasteiger partial charge on any atom is -0.392 e. The Morgan fingerprint density at radius 3 is 2.45 bits per heavy atom. The lowest BCUT2D eigenvalue weighted by Gasteiger charge is -2.41. The number of aromatic nitrogens is 1. The number of carbonyl (C=O) groups excluding carboxylic acids is 1. The number of pyridine rings is 1. The van der Waals surface area contributed by atoms with Gasteiger partial charge in [0.05, 0.1) is 23.8 Å². The van der Waals surface area contributed by atoms with Crippen molar-refractivity contribution in [3.8, 4) is 0 Å². The molecule has 194 valence electrons. The highest BCUT2D eigenvalue weighted by Gasteiger charge is 2.38. The van der Waals surface area contributed by atoms with Crippen LogP contribution < -0.4 is 5.32 Å². The van der Waals surface area contributed by atoms with Crippen LogP contribution >= 0.6 is 11.8 Å². The first-order valence-electron chi connectivity index (χ1n) is 12.6. The van der Waals surface area contributed by atoms with Crippen LogP contribution in [0.1, 0.15) is 46.4 Å². The maximum Gasteiger partial charge on any atom is 0.255 e. The van der Waals surface area contributed by atoms with Gasteiger partial charge in [0.2, 0.25) is 0 Å². The monoisotopic (exact) mass is 526 g/mol. The highest BCUT2D eigenvalue weighted by Crippen LogP contribution is 2.43. The largest absolute Gasteiger partial charge is 0.392 e. The second-order valence-electron chi connectivity index (χ2n) is 9.25. The Kier molecular flexibility index (Phi) is 8.51. The number of aliphatic hydroxyl groups is 1. The van der Waals surface area contributed by atoms with Crippen molar-refractivity contribution < 1.29 is 19.4 Å². The molecule has 1 amide bonds. The van der Waals surface area contributed by atoms with Crippen LogP contribution in [0, 0.1) is 5.92 Å². The average Bonchev–Trinajstić information content (AvgIpc) is 2.98. The summed E-state index contributed by atoms with van der Waals surface area (Å²) in [4.78, 5) is 17.1. The van der Waals surface area contributed by atoms with Crippen LogP contribution in [0.5, 0.6) is 0 Å². The Labute approximate surface area is 227 Å². The third-order valence-corrected chi connectivity index (χ3v) is 7.64. The van der Waals surface area contributed by atoms with Crippen LogP contribution in [-0.2, 0) is 16.1 Å². The van der Waals surface area contributed by atoms with E-state index in [9.17, 15) is 9.90 Å². The molecule has 6 nitrogen and oxygen atoms in total. The first kappa shape index (κ1) is 26.1. The van der Waals surface area contributed by atoms with Crippen LogP contribution in [0.2, 0.25) is 0 Å². The molecule has 4 aromatic rings. The van der Waals surface area contributed by atoms with Gasteiger partial charge in [-0.3, -0.25) is 4.79 Å². The zero-order chi connectivity index (χ0) is 26.3. The Bertz CT molecular complexity index is 1340. The molecule has 5 rings (SSSR count). The number of nitrogens with one attached hydrogen (secondary N) is 1. The van der Waals surface area contributed by atoms with Gasteiger partial charge in [-0.15, -0.1) is 11.8 Å². The highest BCUT2D eigenvalue weighted by atomic mass is 32.2. The number of hydrogen-bond acceptors (Lipinski definition) is 6. The fraction of sp³-hybridized carbons (Fsp3) is 0.226. The van der Waals surface area contributed by atoms with Crippen molar-refractivity contribution >= 4 is 23.4 Å². The van der Waals surface area contributed by atoms with Gasteiger partial charge in [0.15, 0.2) is 6.29 Å². The second kappa shape index (κ2) is 12.4. The molecule has 1 saturated heterocycles. The van der Waals surface area contributed by atoms with E-state index in [4.69, 9.17) is 9.47 Å². The van der Waals surface area contributed by atoms with Crippen molar-refractivity contribution in [2.75, 3.05) is 11.1 Å². The molecular formula is C31H30N2O4S. The molecule has 0 aliphatic carbocycles. The van der Waals surface area contributed by atoms with E-state index < -0.39 is 6.29 Å². The SMILES string of the molecule is CC1C(CSc2ccccn2)OC(c2cccc(NC(=O)c3ccccc3)c2)OC1c1ccc(CO)cc1. The average molecular weight is 527 g/mol. The maximum absolute atomic E-state index is 12.7. The number of carbonyl (C=O) groups is 1. The topological polar surface area (TPSA) is 80.7 Å². The minimum atomic E-state index is -0.614.